The van der Waals surface area contributed by atoms with Crippen LogP contribution in [-0.2, 0) is 32.6 Å². The van der Waals surface area contributed by atoms with Gasteiger partial charge < -0.3 is 0 Å². The van der Waals surface area contributed by atoms with Gasteiger partial charge in [-0.2, -0.15) is 6.07 Å². The van der Waals surface area contributed by atoms with Crippen molar-refractivity contribution in [3.8, 4) is 11.1 Å². The molecule has 0 heterocycles. The molecule has 3 aromatic carbocycles. The van der Waals surface area contributed by atoms with Crippen molar-refractivity contribution in [2.24, 2.45) is 5.41 Å². The normalized spacial score (nSPS) is 16.1. The Morgan fingerprint density at radius 3 is 2.40 bits per heavy atom. The van der Waals surface area contributed by atoms with Crippen molar-refractivity contribution in [1.82, 2.24) is 0 Å². The van der Waals surface area contributed by atoms with E-state index in [1.165, 1.54) is 71.6 Å². The molecule has 0 N–H and O–H groups in total. The van der Waals surface area contributed by atoms with Crippen LogP contribution >= 0.6 is 0 Å². The Morgan fingerprint density at radius 2 is 1.72 bits per heavy atom. The summed E-state index contributed by atoms with van der Waals surface area (Å²) in [6, 6.07) is 20.6. The second kappa shape index (κ2) is 7.67. The van der Waals surface area contributed by atoms with Crippen LogP contribution in [0, 0.1) is 12.3 Å². The largest absolute Gasteiger partial charge is 0.164 e. The van der Waals surface area contributed by atoms with E-state index in [0.717, 1.165) is 0 Å². The molecule has 0 radical (unpaired) electrons. The molecule has 0 aromatic heterocycles. The van der Waals surface area contributed by atoms with Crippen molar-refractivity contribution >= 4 is 10.8 Å². The Morgan fingerprint density at radius 1 is 1.00 bits per heavy atom. The smallest absolute Gasteiger partial charge is 0 e. The van der Waals surface area contributed by atoms with E-state index in [-0.39, 0.29) is 26.2 Å². The summed E-state index contributed by atoms with van der Waals surface area (Å²) >= 11 is 0. The standard InChI is InChI=1S/C24H27.Zr/c1-3-24(13-4-5-14-24)17-19-15-21-7-6-8-22(23(21)16-19)20-11-9-18(2)10-12-20;/h6-12,15-16H,3-5,13-14,17H2,1-2H3;/q-1;. The first kappa shape index (κ1) is 18.7. The third-order valence-electron chi connectivity index (χ3n) is 6.17. The average Bonchev–Trinajstić information content (AvgIpc) is 3.22. The van der Waals surface area contributed by atoms with E-state index >= 15 is 0 Å². The van der Waals surface area contributed by atoms with Crippen LogP contribution in [0.5, 0.6) is 0 Å². The van der Waals surface area contributed by atoms with Crippen molar-refractivity contribution in [1.29, 1.82) is 0 Å². The molecule has 0 saturated heterocycles. The number of hydrogen-bond donors (Lipinski definition) is 0. The molecule has 0 spiro atoms. The molecule has 4 rings (SSSR count). The SMILES string of the molecule is CCC1(Cc2cc3c(-c4ccc(C)cc4)cccc3[cH-]2)CCCC1.[Zr]. The summed E-state index contributed by atoms with van der Waals surface area (Å²) in [4.78, 5) is 0. The van der Waals surface area contributed by atoms with Crippen molar-refractivity contribution in [3.63, 3.8) is 0 Å². The van der Waals surface area contributed by atoms with Gasteiger partial charge in [-0.25, -0.2) is 0 Å². The minimum absolute atomic E-state index is 0. The predicted octanol–water partition coefficient (Wildman–Crippen LogP) is 7.04. The topological polar surface area (TPSA) is 0 Å². The number of aryl methyl sites for hydroxylation is 1. The molecule has 0 bridgehead atoms. The second-order valence-electron chi connectivity index (χ2n) is 7.78. The molecule has 0 amide bonds. The minimum atomic E-state index is 0. The molecule has 1 fully saturated rings. The van der Waals surface area contributed by atoms with Crippen molar-refractivity contribution in [3.05, 3.63) is 65.7 Å². The van der Waals surface area contributed by atoms with Gasteiger partial charge in [0.1, 0.15) is 0 Å². The van der Waals surface area contributed by atoms with Gasteiger partial charge in [-0.3, -0.25) is 0 Å². The van der Waals surface area contributed by atoms with E-state index in [0.29, 0.717) is 5.41 Å². The monoisotopic (exact) mass is 405 g/mol. The Hall–Kier alpha value is -1.07. The Labute approximate surface area is 171 Å². The van der Waals surface area contributed by atoms with E-state index in [1.54, 1.807) is 0 Å². The third-order valence-corrected chi connectivity index (χ3v) is 6.17. The first-order chi connectivity index (χ1) is 11.7. The first-order valence-corrected chi connectivity index (χ1v) is 9.44. The van der Waals surface area contributed by atoms with Gasteiger partial charge in [-0.15, -0.1) is 34.5 Å². The Balaban J connectivity index is 0.00000182. The van der Waals surface area contributed by atoms with Gasteiger partial charge in [0.15, 0.2) is 0 Å². The van der Waals surface area contributed by atoms with E-state index in [4.69, 9.17) is 0 Å². The number of fused-ring (bicyclic) bond motifs is 1. The van der Waals surface area contributed by atoms with Crippen LogP contribution in [0.1, 0.15) is 50.2 Å². The molecule has 0 nitrogen and oxygen atoms in total. The second-order valence-corrected chi connectivity index (χ2v) is 7.78. The predicted molar refractivity (Wildman–Crippen MR) is 105 cm³/mol. The third kappa shape index (κ3) is 3.73. The van der Waals surface area contributed by atoms with Gasteiger partial charge >= 0.3 is 0 Å². The van der Waals surface area contributed by atoms with Gasteiger partial charge in [-0.1, -0.05) is 67.6 Å². The summed E-state index contributed by atoms with van der Waals surface area (Å²) in [5, 5.41) is 2.81. The molecule has 25 heavy (non-hydrogen) atoms. The fourth-order valence-electron chi connectivity index (χ4n) is 4.60. The Bertz CT molecular complexity index is 832. The van der Waals surface area contributed by atoms with Gasteiger partial charge in [-0.05, 0) is 37.2 Å². The number of hydrogen-bond acceptors (Lipinski definition) is 0. The van der Waals surface area contributed by atoms with Crippen molar-refractivity contribution in [2.45, 2.75) is 52.4 Å². The summed E-state index contributed by atoms with van der Waals surface area (Å²) in [6.45, 7) is 4.53. The van der Waals surface area contributed by atoms with E-state index in [1.807, 2.05) is 0 Å². The fourth-order valence-corrected chi connectivity index (χ4v) is 4.60. The molecule has 1 saturated carbocycles. The van der Waals surface area contributed by atoms with Gasteiger partial charge in [0, 0.05) is 26.2 Å². The van der Waals surface area contributed by atoms with Crippen LogP contribution in [0.2, 0.25) is 0 Å². The molecule has 0 atom stereocenters. The number of rotatable bonds is 4. The molecule has 1 aliphatic carbocycles. The van der Waals surface area contributed by atoms with Gasteiger partial charge in [0.25, 0.3) is 0 Å². The molecule has 3 aromatic rings. The van der Waals surface area contributed by atoms with Crippen LogP contribution in [0.15, 0.2) is 54.6 Å². The molecule has 128 valence electrons. The molecular formula is C24H27Zr-. The number of benzene rings is 2. The Kier molecular flexibility index (Phi) is 5.74. The summed E-state index contributed by atoms with van der Waals surface area (Å²) < 4.78 is 0. The summed E-state index contributed by atoms with van der Waals surface area (Å²) in [5.41, 5.74) is 6.12. The summed E-state index contributed by atoms with van der Waals surface area (Å²) in [6.07, 6.45) is 8.24. The van der Waals surface area contributed by atoms with Gasteiger partial charge in [0.05, 0.1) is 0 Å². The quantitative estimate of drug-likeness (QED) is 0.407. The maximum Gasteiger partial charge on any atom is 0 e. The van der Waals surface area contributed by atoms with Crippen LogP contribution < -0.4 is 0 Å². The first-order valence-electron chi connectivity index (χ1n) is 9.44. The fraction of sp³-hybridized carbons (Fsp3) is 0.375. The zero-order valence-corrected chi connectivity index (χ0v) is 17.9. The van der Waals surface area contributed by atoms with Crippen LogP contribution in [0.25, 0.3) is 21.9 Å². The molecule has 1 heteroatoms. The zero-order chi connectivity index (χ0) is 16.6. The van der Waals surface area contributed by atoms with E-state index < -0.39 is 0 Å². The molecule has 0 aliphatic heterocycles. The van der Waals surface area contributed by atoms with E-state index in [9.17, 15) is 0 Å². The van der Waals surface area contributed by atoms with Gasteiger partial charge in [0.2, 0.25) is 0 Å². The average molecular weight is 407 g/mol. The minimum Gasteiger partial charge on any atom is -0.164 e. The maximum atomic E-state index is 2.46. The zero-order valence-electron chi connectivity index (χ0n) is 15.4. The molecule has 0 unspecified atom stereocenters. The van der Waals surface area contributed by atoms with Crippen LogP contribution in [0.3, 0.4) is 0 Å². The molecule has 1 aliphatic rings. The van der Waals surface area contributed by atoms with E-state index in [2.05, 4.69) is 68.4 Å². The summed E-state index contributed by atoms with van der Waals surface area (Å²) in [7, 11) is 0. The molecular weight excluding hydrogens is 379 g/mol. The van der Waals surface area contributed by atoms with Crippen molar-refractivity contribution < 1.29 is 26.2 Å². The van der Waals surface area contributed by atoms with Crippen LogP contribution in [-0.4, -0.2) is 0 Å². The maximum absolute atomic E-state index is 2.46. The van der Waals surface area contributed by atoms with Crippen molar-refractivity contribution in [2.75, 3.05) is 0 Å². The summed E-state index contributed by atoms with van der Waals surface area (Å²) in [5.74, 6) is 0. The van der Waals surface area contributed by atoms with Crippen LogP contribution in [0.4, 0.5) is 0 Å².